The van der Waals surface area contributed by atoms with Crippen LogP contribution in [-0.4, -0.2) is 38.3 Å². The van der Waals surface area contributed by atoms with Gasteiger partial charge in [-0.1, -0.05) is 29.8 Å². The van der Waals surface area contributed by atoms with Gasteiger partial charge in [0, 0.05) is 18.1 Å². The van der Waals surface area contributed by atoms with E-state index in [1.807, 2.05) is 6.07 Å². The minimum atomic E-state index is -3.70. The number of hydrogen-bond acceptors (Lipinski definition) is 6. The number of sulfonamides is 1. The van der Waals surface area contributed by atoms with Crippen molar-refractivity contribution in [2.45, 2.75) is 6.42 Å². The Labute approximate surface area is 148 Å². The molecule has 1 aromatic heterocycles. The number of rotatable bonds is 5. The van der Waals surface area contributed by atoms with E-state index in [0.29, 0.717) is 35.2 Å². The van der Waals surface area contributed by atoms with E-state index in [1.54, 1.807) is 18.2 Å². The second kappa shape index (κ2) is 7.18. The van der Waals surface area contributed by atoms with Crippen LogP contribution in [0.25, 0.3) is 10.6 Å². The lowest BCUT2D eigenvalue weighted by Crippen LogP contribution is -2.34. The third kappa shape index (κ3) is 4.13. The summed E-state index contributed by atoms with van der Waals surface area (Å²) in [5.74, 6) is -0.866. The maximum absolute atomic E-state index is 12.2. The molecular formula is C15H15ClN2O4S2. The fraction of sp³-hybridized carbons (Fsp3) is 0.333. The van der Waals surface area contributed by atoms with Gasteiger partial charge < -0.3 is 4.74 Å². The molecule has 24 heavy (non-hydrogen) atoms. The van der Waals surface area contributed by atoms with Crippen molar-refractivity contribution in [1.82, 2.24) is 9.71 Å². The van der Waals surface area contributed by atoms with Crippen LogP contribution in [0.2, 0.25) is 5.02 Å². The Balaban J connectivity index is 1.71. The standard InChI is InChI=1S/C15H15ClN2O4S2/c16-12-4-2-1-3-11(12)15-17-7-13(23-15)14(19)18-24(20,21)9-10-5-6-22-8-10/h1-4,7,10H,5-6,8-9H2,(H,18,19)/t10-/m1/s1. The first-order valence-corrected chi connectivity index (χ1v) is 10.1. The van der Waals surface area contributed by atoms with Gasteiger partial charge in [-0.25, -0.2) is 18.1 Å². The summed E-state index contributed by atoms with van der Waals surface area (Å²) in [6, 6.07) is 7.13. The first kappa shape index (κ1) is 17.3. The molecule has 0 bridgehead atoms. The van der Waals surface area contributed by atoms with Crippen molar-refractivity contribution < 1.29 is 17.9 Å². The van der Waals surface area contributed by atoms with Crippen LogP contribution in [0.5, 0.6) is 0 Å². The molecule has 1 amide bonds. The molecular weight excluding hydrogens is 372 g/mol. The summed E-state index contributed by atoms with van der Waals surface area (Å²) in [7, 11) is -3.70. The monoisotopic (exact) mass is 386 g/mol. The molecule has 1 atom stereocenters. The van der Waals surface area contributed by atoms with Crippen molar-refractivity contribution in [3.05, 3.63) is 40.4 Å². The van der Waals surface area contributed by atoms with Crippen LogP contribution in [-0.2, 0) is 14.8 Å². The molecule has 9 heteroatoms. The van der Waals surface area contributed by atoms with Gasteiger partial charge in [-0.15, -0.1) is 11.3 Å². The molecule has 0 spiro atoms. The Kier molecular flexibility index (Phi) is 5.19. The average Bonchev–Trinajstić information content (AvgIpc) is 3.18. The fourth-order valence-electron chi connectivity index (χ4n) is 2.40. The zero-order chi connectivity index (χ0) is 17.2. The molecule has 128 valence electrons. The van der Waals surface area contributed by atoms with Crippen molar-refractivity contribution in [3.8, 4) is 10.6 Å². The molecule has 2 aromatic rings. The first-order chi connectivity index (χ1) is 11.4. The van der Waals surface area contributed by atoms with Crippen LogP contribution in [0, 0.1) is 5.92 Å². The van der Waals surface area contributed by atoms with E-state index in [-0.39, 0.29) is 16.5 Å². The molecule has 1 saturated heterocycles. The number of carbonyl (C=O) groups excluding carboxylic acids is 1. The van der Waals surface area contributed by atoms with Gasteiger partial charge in [0.1, 0.15) is 9.88 Å². The summed E-state index contributed by atoms with van der Waals surface area (Å²) in [5, 5.41) is 1.08. The third-order valence-electron chi connectivity index (χ3n) is 3.56. The highest BCUT2D eigenvalue weighted by atomic mass is 35.5. The SMILES string of the molecule is O=C(NS(=O)(=O)C[C@@H]1CCOC1)c1cnc(-c2ccccc2Cl)s1. The number of nitrogens with zero attached hydrogens (tertiary/aromatic N) is 1. The van der Waals surface area contributed by atoms with Crippen LogP contribution < -0.4 is 4.72 Å². The number of carbonyl (C=O) groups is 1. The minimum absolute atomic E-state index is 0.0737. The van der Waals surface area contributed by atoms with E-state index in [2.05, 4.69) is 9.71 Å². The summed E-state index contributed by atoms with van der Waals surface area (Å²) in [5.41, 5.74) is 0.703. The zero-order valence-corrected chi connectivity index (χ0v) is 15.0. The first-order valence-electron chi connectivity index (χ1n) is 7.28. The molecule has 3 rings (SSSR count). The molecule has 0 saturated carbocycles. The Bertz CT molecular complexity index is 845. The molecule has 1 aliphatic rings. The maximum Gasteiger partial charge on any atom is 0.276 e. The van der Waals surface area contributed by atoms with E-state index in [0.717, 1.165) is 11.3 Å². The summed E-state index contributed by atoms with van der Waals surface area (Å²) >= 11 is 7.20. The maximum atomic E-state index is 12.2. The Morgan fingerprint density at radius 2 is 2.21 bits per heavy atom. The lowest BCUT2D eigenvalue weighted by molar-refractivity contribution is 0.0985. The second-order valence-corrected chi connectivity index (χ2v) is 8.66. The molecule has 0 aliphatic carbocycles. The topological polar surface area (TPSA) is 85.4 Å². The minimum Gasteiger partial charge on any atom is -0.381 e. The lowest BCUT2D eigenvalue weighted by atomic mass is 10.2. The predicted octanol–water partition coefficient (Wildman–Crippen LogP) is 2.56. The van der Waals surface area contributed by atoms with Crippen LogP contribution in [0.1, 0.15) is 16.1 Å². The van der Waals surface area contributed by atoms with Gasteiger partial charge in [0.15, 0.2) is 0 Å². The second-order valence-electron chi connectivity index (χ2n) is 5.45. The van der Waals surface area contributed by atoms with Crippen LogP contribution in [0.4, 0.5) is 0 Å². The Morgan fingerprint density at radius 3 is 2.92 bits per heavy atom. The van der Waals surface area contributed by atoms with Gasteiger partial charge in [-0.3, -0.25) is 4.79 Å². The molecule has 1 N–H and O–H groups in total. The molecule has 1 aliphatic heterocycles. The largest absolute Gasteiger partial charge is 0.381 e. The molecule has 2 heterocycles. The van der Waals surface area contributed by atoms with Gasteiger partial charge in [-0.2, -0.15) is 0 Å². The molecule has 1 aromatic carbocycles. The predicted molar refractivity (Wildman–Crippen MR) is 92.7 cm³/mol. The number of hydrogen-bond donors (Lipinski definition) is 1. The molecule has 1 fully saturated rings. The quantitative estimate of drug-likeness (QED) is 0.853. The van der Waals surface area contributed by atoms with Gasteiger partial charge in [0.05, 0.1) is 23.6 Å². The Hall–Kier alpha value is -1.48. The highest BCUT2D eigenvalue weighted by Gasteiger charge is 2.25. The normalized spacial score (nSPS) is 17.8. The van der Waals surface area contributed by atoms with Crippen molar-refractivity contribution >= 4 is 38.9 Å². The number of ether oxygens (including phenoxy) is 1. The van der Waals surface area contributed by atoms with E-state index < -0.39 is 15.9 Å². The zero-order valence-electron chi connectivity index (χ0n) is 12.6. The van der Waals surface area contributed by atoms with Gasteiger partial charge in [-0.05, 0) is 12.5 Å². The third-order valence-corrected chi connectivity index (χ3v) is 6.33. The van der Waals surface area contributed by atoms with Gasteiger partial charge in [0.2, 0.25) is 10.0 Å². The number of halogens is 1. The van der Waals surface area contributed by atoms with E-state index in [4.69, 9.17) is 16.3 Å². The summed E-state index contributed by atoms with van der Waals surface area (Å²) < 4.78 is 31.4. The fourth-order valence-corrected chi connectivity index (χ4v) is 4.95. The molecule has 0 radical (unpaired) electrons. The average molecular weight is 387 g/mol. The Morgan fingerprint density at radius 1 is 1.42 bits per heavy atom. The van der Waals surface area contributed by atoms with E-state index >= 15 is 0 Å². The smallest absolute Gasteiger partial charge is 0.276 e. The molecule has 0 unspecified atom stereocenters. The van der Waals surface area contributed by atoms with Crippen LogP contribution in [0.3, 0.4) is 0 Å². The van der Waals surface area contributed by atoms with Gasteiger partial charge >= 0.3 is 0 Å². The van der Waals surface area contributed by atoms with Crippen molar-refractivity contribution in [1.29, 1.82) is 0 Å². The number of thiazole rings is 1. The number of nitrogens with one attached hydrogen (secondary N) is 1. The van der Waals surface area contributed by atoms with E-state index in [1.165, 1.54) is 6.20 Å². The van der Waals surface area contributed by atoms with Crippen LogP contribution in [0.15, 0.2) is 30.5 Å². The molecule has 6 nitrogen and oxygen atoms in total. The number of amides is 1. The van der Waals surface area contributed by atoms with Crippen molar-refractivity contribution in [2.75, 3.05) is 19.0 Å². The van der Waals surface area contributed by atoms with E-state index in [9.17, 15) is 13.2 Å². The summed E-state index contributed by atoms with van der Waals surface area (Å²) in [4.78, 5) is 16.6. The summed E-state index contributed by atoms with van der Waals surface area (Å²) in [6.07, 6.45) is 2.04. The number of benzene rings is 1. The van der Waals surface area contributed by atoms with Crippen LogP contribution >= 0.6 is 22.9 Å². The highest BCUT2D eigenvalue weighted by Crippen LogP contribution is 2.30. The van der Waals surface area contributed by atoms with Gasteiger partial charge in [0.25, 0.3) is 5.91 Å². The van der Waals surface area contributed by atoms with Crippen molar-refractivity contribution in [3.63, 3.8) is 0 Å². The lowest BCUT2D eigenvalue weighted by Gasteiger charge is -2.09. The van der Waals surface area contributed by atoms with Crippen molar-refractivity contribution in [2.24, 2.45) is 5.92 Å². The highest BCUT2D eigenvalue weighted by molar-refractivity contribution is 7.90. The number of aromatic nitrogens is 1. The summed E-state index contributed by atoms with van der Waals surface area (Å²) in [6.45, 7) is 0.969.